The molecule has 1 rings (SSSR count). The average Bonchev–Trinajstić information content (AvgIpc) is 2.01. The normalized spacial score (nSPS) is 13.3. The number of benzene rings is 1. The van der Waals surface area contributed by atoms with Crippen LogP contribution in [0.5, 0.6) is 0 Å². The van der Waals surface area contributed by atoms with Gasteiger partial charge in [0.1, 0.15) is 0 Å². The Kier molecular flexibility index (Phi) is 4.30. The van der Waals surface area contributed by atoms with Gasteiger partial charge < -0.3 is 5.73 Å². The van der Waals surface area contributed by atoms with Crippen LogP contribution in [-0.2, 0) is 0 Å². The summed E-state index contributed by atoms with van der Waals surface area (Å²) in [5.41, 5.74) is 6.96. The maximum absolute atomic E-state index is 6.11. The molecule has 0 radical (unpaired) electrons. The fourth-order valence-electron chi connectivity index (χ4n) is 1.32. The molecule has 0 aromatic heterocycles. The molecule has 0 amide bonds. The topological polar surface area (TPSA) is 26.0 Å². The number of rotatable bonds is 3. The van der Waals surface area contributed by atoms with E-state index in [1.807, 2.05) is 19.1 Å². The van der Waals surface area contributed by atoms with Gasteiger partial charge in [0.05, 0.1) is 0 Å². The van der Waals surface area contributed by atoms with Crippen LogP contribution >= 0.6 is 23.4 Å². The smallest absolute Gasteiger partial charge is 0.0464 e. The van der Waals surface area contributed by atoms with E-state index >= 15 is 0 Å². The van der Waals surface area contributed by atoms with Crippen LogP contribution in [0.2, 0.25) is 5.02 Å². The minimum absolute atomic E-state index is 0.00931. The highest BCUT2D eigenvalue weighted by atomic mass is 35.5. The van der Waals surface area contributed by atoms with Gasteiger partial charge >= 0.3 is 0 Å². The van der Waals surface area contributed by atoms with Crippen LogP contribution in [0.1, 0.15) is 32.4 Å². The number of hydrogen-bond acceptors (Lipinski definition) is 2. The van der Waals surface area contributed by atoms with E-state index in [0.29, 0.717) is 5.25 Å². The molecule has 0 spiro atoms. The fourth-order valence-corrected chi connectivity index (χ4v) is 2.81. The molecular formula is C11H16ClNS. The van der Waals surface area contributed by atoms with E-state index < -0.39 is 0 Å². The van der Waals surface area contributed by atoms with Crippen molar-refractivity contribution in [1.82, 2.24) is 0 Å². The van der Waals surface area contributed by atoms with Crippen LogP contribution in [0.15, 0.2) is 23.1 Å². The third-order valence-corrected chi connectivity index (χ3v) is 3.24. The Morgan fingerprint density at radius 1 is 1.29 bits per heavy atom. The first kappa shape index (κ1) is 11.9. The second-order valence-corrected chi connectivity index (χ2v) is 5.63. The average molecular weight is 230 g/mol. The Bertz CT molecular complexity index is 310. The van der Waals surface area contributed by atoms with Crippen LogP contribution < -0.4 is 5.73 Å². The van der Waals surface area contributed by atoms with Gasteiger partial charge in [-0.05, 0) is 19.1 Å². The predicted molar refractivity (Wildman–Crippen MR) is 65.0 cm³/mol. The molecule has 78 valence electrons. The lowest BCUT2D eigenvalue weighted by Crippen LogP contribution is -2.07. The molecule has 1 aromatic carbocycles. The van der Waals surface area contributed by atoms with E-state index in [1.165, 1.54) is 4.90 Å². The van der Waals surface area contributed by atoms with Crippen molar-refractivity contribution in [3.63, 3.8) is 0 Å². The van der Waals surface area contributed by atoms with Gasteiger partial charge in [-0.25, -0.2) is 0 Å². The Balaban J connectivity index is 3.08. The van der Waals surface area contributed by atoms with Crippen molar-refractivity contribution in [2.24, 2.45) is 5.73 Å². The highest BCUT2D eigenvalue weighted by Crippen LogP contribution is 2.34. The molecule has 0 heterocycles. The zero-order chi connectivity index (χ0) is 10.7. The van der Waals surface area contributed by atoms with Gasteiger partial charge in [-0.2, -0.15) is 0 Å². The molecule has 0 aliphatic rings. The van der Waals surface area contributed by atoms with Crippen molar-refractivity contribution in [1.29, 1.82) is 0 Å². The predicted octanol–water partition coefficient (Wildman–Crippen LogP) is 3.86. The monoisotopic (exact) mass is 229 g/mol. The number of halogens is 1. The molecule has 1 atom stereocenters. The Morgan fingerprint density at radius 2 is 1.93 bits per heavy atom. The molecule has 14 heavy (non-hydrogen) atoms. The number of hydrogen-bond donors (Lipinski definition) is 1. The molecule has 0 bridgehead atoms. The lowest BCUT2D eigenvalue weighted by atomic mass is 10.1. The van der Waals surface area contributed by atoms with Crippen molar-refractivity contribution in [2.75, 3.05) is 0 Å². The van der Waals surface area contributed by atoms with E-state index in [4.69, 9.17) is 17.3 Å². The van der Waals surface area contributed by atoms with Crippen LogP contribution in [0, 0.1) is 0 Å². The standard InChI is InChI=1S/C11H16ClNS/c1-7(2)14-10-6-4-5-9(12)11(10)8(3)13/h4-8H,13H2,1-3H3. The highest BCUT2D eigenvalue weighted by molar-refractivity contribution is 8.00. The van der Waals surface area contributed by atoms with Gasteiger partial charge in [-0.15, -0.1) is 11.8 Å². The van der Waals surface area contributed by atoms with E-state index in [0.717, 1.165) is 10.6 Å². The Labute approximate surface area is 95.0 Å². The maximum atomic E-state index is 6.11. The Hall–Kier alpha value is -0.180. The quantitative estimate of drug-likeness (QED) is 0.797. The molecule has 0 fully saturated rings. The SMILES string of the molecule is CC(C)Sc1cccc(Cl)c1C(C)N. The highest BCUT2D eigenvalue weighted by Gasteiger charge is 2.12. The molecular weight excluding hydrogens is 214 g/mol. The zero-order valence-corrected chi connectivity index (χ0v) is 10.3. The van der Waals surface area contributed by atoms with Gasteiger partial charge in [0.25, 0.3) is 0 Å². The van der Waals surface area contributed by atoms with E-state index in [9.17, 15) is 0 Å². The second-order valence-electron chi connectivity index (χ2n) is 3.61. The van der Waals surface area contributed by atoms with Crippen LogP contribution in [0.4, 0.5) is 0 Å². The summed E-state index contributed by atoms with van der Waals surface area (Å²) in [6, 6.07) is 5.93. The molecule has 1 unspecified atom stereocenters. The van der Waals surface area contributed by atoms with Crippen molar-refractivity contribution in [3.8, 4) is 0 Å². The molecule has 3 heteroatoms. The first-order valence-corrected chi connectivity index (χ1v) is 5.98. The van der Waals surface area contributed by atoms with Crippen molar-refractivity contribution in [2.45, 2.75) is 37.0 Å². The third kappa shape index (κ3) is 2.91. The van der Waals surface area contributed by atoms with Crippen LogP contribution in [0.3, 0.4) is 0 Å². The zero-order valence-electron chi connectivity index (χ0n) is 8.75. The minimum atomic E-state index is -0.00931. The summed E-state index contributed by atoms with van der Waals surface area (Å²) >= 11 is 7.92. The summed E-state index contributed by atoms with van der Waals surface area (Å²) in [6.45, 7) is 6.29. The van der Waals surface area contributed by atoms with E-state index in [1.54, 1.807) is 11.8 Å². The molecule has 1 nitrogen and oxygen atoms in total. The third-order valence-electron chi connectivity index (χ3n) is 1.83. The molecule has 0 saturated heterocycles. The van der Waals surface area contributed by atoms with Gasteiger partial charge in [0, 0.05) is 26.8 Å². The number of nitrogens with two attached hydrogens (primary N) is 1. The second kappa shape index (κ2) is 5.06. The first-order chi connectivity index (χ1) is 6.52. The van der Waals surface area contributed by atoms with Crippen molar-refractivity contribution in [3.05, 3.63) is 28.8 Å². The van der Waals surface area contributed by atoms with Gasteiger partial charge in [-0.1, -0.05) is 31.5 Å². The molecule has 2 N–H and O–H groups in total. The maximum Gasteiger partial charge on any atom is 0.0464 e. The van der Waals surface area contributed by atoms with Crippen molar-refractivity contribution < 1.29 is 0 Å². The largest absolute Gasteiger partial charge is 0.324 e. The minimum Gasteiger partial charge on any atom is -0.324 e. The molecule has 0 aliphatic carbocycles. The van der Waals surface area contributed by atoms with Gasteiger partial charge in [0.2, 0.25) is 0 Å². The number of thioether (sulfide) groups is 1. The van der Waals surface area contributed by atoms with Crippen LogP contribution in [0.25, 0.3) is 0 Å². The van der Waals surface area contributed by atoms with E-state index in [2.05, 4.69) is 19.9 Å². The van der Waals surface area contributed by atoms with Gasteiger partial charge in [0.15, 0.2) is 0 Å². The van der Waals surface area contributed by atoms with Crippen molar-refractivity contribution >= 4 is 23.4 Å². The fraction of sp³-hybridized carbons (Fsp3) is 0.455. The lowest BCUT2D eigenvalue weighted by Gasteiger charge is -2.15. The molecule has 0 aliphatic heterocycles. The van der Waals surface area contributed by atoms with E-state index in [-0.39, 0.29) is 6.04 Å². The Morgan fingerprint density at radius 3 is 2.43 bits per heavy atom. The molecule has 0 saturated carbocycles. The first-order valence-electron chi connectivity index (χ1n) is 4.73. The van der Waals surface area contributed by atoms with Crippen LogP contribution in [-0.4, -0.2) is 5.25 Å². The summed E-state index contributed by atoms with van der Waals surface area (Å²) < 4.78 is 0. The van der Waals surface area contributed by atoms with Gasteiger partial charge in [-0.3, -0.25) is 0 Å². The summed E-state index contributed by atoms with van der Waals surface area (Å²) in [5.74, 6) is 0. The summed E-state index contributed by atoms with van der Waals surface area (Å²) in [5, 5.41) is 1.32. The summed E-state index contributed by atoms with van der Waals surface area (Å²) in [6.07, 6.45) is 0. The summed E-state index contributed by atoms with van der Waals surface area (Å²) in [7, 11) is 0. The summed E-state index contributed by atoms with van der Waals surface area (Å²) in [4.78, 5) is 1.20. The molecule has 1 aromatic rings. The lowest BCUT2D eigenvalue weighted by molar-refractivity contribution is 0.797.